The molecule has 0 spiro atoms. The summed E-state index contributed by atoms with van der Waals surface area (Å²) in [4.78, 5) is 0. The van der Waals surface area contributed by atoms with Gasteiger partial charge in [-0.25, -0.2) is 0 Å². The normalized spacial score (nSPS) is 14.0. The van der Waals surface area contributed by atoms with E-state index in [1.54, 1.807) is 0 Å². The summed E-state index contributed by atoms with van der Waals surface area (Å²) in [5.41, 5.74) is 2.85. The van der Waals surface area contributed by atoms with Gasteiger partial charge in [0.1, 0.15) is 0 Å². The molecule has 0 unspecified atom stereocenters. The average molecular weight is 190 g/mol. The number of hydrogen-bond donors (Lipinski definition) is 0. The molecule has 0 aromatic carbocycles. The van der Waals surface area contributed by atoms with Crippen molar-refractivity contribution in [3.05, 3.63) is 48.6 Å². The van der Waals surface area contributed by atoms with Crippen LogP contribution in [0.25, 0.3) is 0 Å². The molecule has 0 heterocycles. The van der Waals surface area contributed by atoms with Gasteiger partial charge in [0.25, 0.3) is 0 Å². The zero-order valence-corrected chi connectivity index (χ0v) is 9.93. The average Bonchev–Trinajstić information content (AvgIpc) is 2.14. The van der Waals surface area contributed by atoms with Crippen LogP contribution in [0, 0.1) is 5.41 Å². The second-order valence-corrected chi connectivity index (χ2v) is 3.99. The first-order valence-corrected chi connectivity index (χ1v) is 5.12. The van der Waals surface area contributed by atoms with Gasteiger partial charge in [-0.2, -0.15) is 0 Å². The minimum absolute atomic E-state index is 0.108. The first kappa shape index (κ1) is 13.0. The quantitative estimate of drug-likeness (QED) is 0.553. The molecule has 0 bridgehead atoms. The molecule has 0 aliphatic heterocycles. The first-order chi connectivity index (χ1) is 6.50. The zero-order chi connectivity index (χ0) is 11.2. The van der Waals surface area contributed by atoms with E-state index in [9.17, 15) is 0 Å². The van der Waals surface area contributed by atoms with Crippen molar-refractivity contribution in [2.45, 2.75) is 34.1 Å². The third-order valence-electron chi connectivity index (χ3n) is 2.86. The Balaban J connectivity index is 5.09. The van der Waals surface area contributed by atoms with Crippen LogP contribution in [0.15, 0.2) is 48.6 Å². The van der Waals surface area contributed by atoms with Gasteiger partial charge in [-0.3, -0.25) is 0 Å². The van der Waals surface area contributed by atoms with Crippen molar-refractivity contribution in [1.29, 1.82) is 0 Å². The molecule has 0 aliphatic rings. The predicted molar refractivity (Wildman–Crippen MR) is 66.3 cm³/mol. The standard InChI is InChI=1S/C14H22/c1-7-10-12(4)14(5,6)13(9-3)11-8-2/h7-8,10-11H,1-2,9H2,3-6H3/b12-10+,13-11+. The van der Waals surface area contributed by atoms with Crippen LogP contribution in [0.5, 0.6) is 0 Å². The molecule has 0 fully saturated rings. The van der Waals surface area contributed by atoms with Crippen molar-refractivity contribution < 1.29 is 0 Å². The minimum Gasteiger partial charge on any atom is -0.0991 e. The lowest BCUT2D eigenvalue weighted by Gasteiger charge is -2.28. The van der Waals surface area contributed by atoms with Gasteiger partial charge in [0, 0.05) is 5.41 Å². The van der Waals surface area contributed by atoms with Gasteiger partial charge in [-0.1, -0.05) is 69.4 Å². The molecule has 0 rings (SSSR count). The largest absolute Gasteiger partial charge is 0.0991 e. The molecule has 0 aromatic heterocycles. The monoisotopic (exact) mass is 190 g/mol. The van der Waals surface area contributed by atoms with Crippen molar-refractivity contribution in [3.63, 3.8) is 0 Å². The van der Waals surface area contributed by atoms with Gasteiger partial charge in [0.15, 0.2) is 0 Å². The molecule has 0 radical (unpaired) electrons. The van der Waals surface area contributed by atoms with Crippen molar-refractivity contribution in [3.8, 4) is 0 Å². The van der Waals surface area contributed by atoms with E-state index in [4.69, 9.17) is 0 Å². The highest BCUT2D eigenvalue weighted by atomic mass is 14.3. The second kappa shape index (κ2) is 5.64. The van der Waals surface area contributed by atoms with Crippen molar-refractivity contribution in [1.82, 2.24) is 0 Å². The molecule has 0 N–H and O–H groups in total. The topological polar surface area (TPSA) is 0 Å². The van der Waals surface area contributed by atoms with Gasteiger partial charge in [-0.05, 0) is 13.3 Å². The van der Waals surface area contributed by atoms with Gasteiger partial charge in [-0.15, -0.1) is 0 Å². The van der Waals surface area contributed by atoms with E-state index in [0.717, 1.165) is 6.42 Å². The van der Waals surface area contributed by atoms with Crippen molar-refractivity contribution in [2.24, 2.45) is 5.41 Å². The molecule has 0 aromatic rings. The SMILES string of the molecule is C=C/C=C(\C)C(C)(C)/C(=C/C=C)CC. The summed E-state index contributed by atoms with van der Waals surface area (Å²) in [6.45, 7) is 16.3. The van der Waals surface area contributed by atoms with Crippen LogP contribution in [0.4, 0.5) is 0 Å². The summed E-state index contributed by atoms with van der Waals surface area (Å²) >= 11 is 0. The molecule has 0 saturated heterocycles. The molecule has 78 valence electrons. The Bertz CT molecular complexity index is 262. The van der Waals surface area contributed by atoms with Crippen LogP contribution in [0.1, 0.15) is 34.1 Å². The van der Waals surface area contributed by atoms with Crippen LogP contribution in [-0.4, -0.2) is 0 Å². The fourth-order valence-corrected chi connectivity index (χ4v) is 1.55. The van der Waals surface area contributed by atoms with Gasteiger partial charge >= 0.3 is 0 Å². The van der Waals surface area contributed by atoms with E-state index in [0.29, 0.717) is 0 Å². The van der Waals surface area contributed by atoms with Crippen LogP contribution in [0.2, 0.25) is 0 Å². The summed E-state index contributed by atoms with van der Waals surface area (Å²) in [6.07, 6.45) is 8.95. The summed E-state index contributed by atoms with van der Waals surface area (Å²) in [5, 5.41) is 0. The van der Waals surface area contributed by atoms with Crippen molar-refractivity contribution >= 4 is 0 Å². The fraction of sp³-hybridized carbons (Fsp3) is 0.429. The molecule has 0 aliphatic carbocycles. The molecule has 0 saturated carbocycles. The Morgan fingerprint density at radius 3 is 2.00 bits per heavy atom. The van der Waals surface area contributed by atoms with E-state index in [-0.39, 0.29) is 5.41 Å². The summed E-state index contributed by atoms with van der Waals surface area (Å²) in [6, 6.07) is 0. The molecule has 0 heteroatoms. The van der Waals surface area contributed by atoms with Crippen LogP contribution in [-0.2, 0) is 0 Å². The second-order valence-electron chi connectivity index (χ2n) is 3.99. The lowest BCUT2D eigenvalue weighted by molar-refractivity contribution is 0.521. The number of allylic oxidation sites excluding steroid dienone is 6. The summed E-state index contributed by atoms with van der Waals surface area (Å²) in [5.74, 6) is 0. The maximum atomic E-state index is 3.75. The Kier molecular flexibility index (Phi) is 5.22. The van der Waals surface area contributed by atoms with E-state index in [2.05, 4.69) is 53.0 Å². The van der Waals surface area contributed by atoms with Crippen LogP contribution >= 0.6 is 0 Å². The molecule has 0 atom stereocenters. The number of rotatable bonds is 5. The Hall–Kier alpha value is -1.04. The number of hydrogen-bond acceptors (Lipinski definition) is 0. The molecule has 0 amide bonds. The molecular weight excluding hydrogens is 168 g/mol. The van der Waals surface area contributed by atoms with Crippen LogP contribution < -0.4 is 0 Å². The first-order valence-electron chi connectivity index (χ1n) is 5.12. The van der Waals surface area contributed by atoms with E-state index < -0.39 is 0 Å². The highest BCUT2D eigenvalue weighted by molar-refractivity contribution is 5.30. The lowest BCUT2D eigenvalue weighted by Crippen LogP contribution is -2.16. The molecule has 0 nitrogen and oxygen atoms in total. The van der Waals surface area contributed by atoms with Gasteiger partial charge in [0.2, 0.25) is 0 Å². The van der Waals surface area contributed by atoms with E-state index in [1.165, 1.54) is 11.1 Å². The highest BCUT2D eigenvalue weighted by Gasteiger charge is 2.22. The Morgan fingerprint density at radius 1 is 1.14 bits per heavy atom. The van der Waals surface area contributed by atoms with Gasteiger partial charge < -0.3 is 0 Å². The van der Waals surface area contributed by atoms with Crippen LogP contribution in [0.3, 0.4) is 0 Å². The van der Waals surface area contributed by atoms with Crippen molar-refractivity contribution in [2.75, 3.05) is 0 Å². The lowest BCUT2D eigenvalue weighted by atomic mass is 9.76. The van der Waals surface area contributed by atoms with Gasteiger partial charge in [0.05, 0.1) is 0 Å². The smallest absolute Gasteiger partial charge is 0.00673 e. The van der Waals surface area contributed by atoms with E-state index >= 15 is 0 Å². The minimum atomic E-state index is 0.108. The molecular formula is C14H22. The third-order valence-corrected chi connectivity index (χ3v) is 2.86. The Morgan fingerprint density at radius 2 is 1.64 bits per heavy atom. The zero-order valence-electron chi connectivity index (χ0n) is 9.93. The summed E-state index contributed by atoms with van der Waals surface area (Å²) in [7, 11) is 0. The molecule has 14 heavy (non-hydrogen) atoms. The van der Waals surface area contributed by atoms with E-state index in [1.807, 2.05) is 12.2 Å². The Labute approximate surface area is 88.7 Å². The fourth-order valence-electron chi connectivity index (χ4n) is 1.55. The maximum Gasteiger partial charge on any atom is 0.00673 e. The predicted octanol–water partition coefficient (Wildman–Crippen LogP) is 4.67. The summed E-state index contributed by atoms with van der Waals surface area (Å²) < 4.78 is 0. The highest BCUT2D eigenvalue weighted by Crippen LogP contribution is 2.36. The third kappa shape index (κ3) is 3.02. The maximum absolute atomic E-state index is 3.75.